The Kier molecular flexibility index (Phi) is 5.10. The summed E-state index contributed by atoms with van der Waals surface area (Å²) in [4.78, 5) is 20.1. The summed E-state index contributed by atoms with van der Waals surface area (Å²) in [6, 6.07) is 13.0. The summed E-state index contributed by atoms with van der Waals surface area (Å²) in [5.41, 5.74) is 1.17. The summed E-state index contributed by atoms with van der Waals surface area (Å²) in [6.07, 6.45) is 1.65. The highest BCUT2D eigenvalue weighted by Crippen LogP contribution is 2.21. The Morgan fingerprint density at radius 1 is 1.22 bits per heavy atom. The number of nitrogens with zero attached hydrogens (tertiary/aromatic N) is 2. The molecule has 23 heavy (non-hydrogen) atoms. The number of thioether (sulfide) groups is 1. The largest absolute Gasteiger partial charge is 0.492 e. The van der Waals surface area contributed by atoms with Crippen molar-refractivity contribution in [2.75, 3.05) is 18.9 Å². The number of pyridine rings is 1. The van der Waals surface area contributed by atoms with Gasteiger partial charge in [-0.15, -0.1) is 0 Å². The molecule has 0 atom stereocenters. The first kappa shape index (κ1) is 15.4. The van der Waals surface area contributed by atoms with E-state index in [4.69, 9.17) is 9.15 Å². The van der Waals surface area contributed by atoms with Crippen molar-refractivity contribution in [3.8, 4) is 5.75 Å². The number of benzene rings is 1. The number of carbonyl (C=O) groups excluding carboxylic acids is 1. The van der Waals surface area contributed by atoms with E-state index in [1.165, 1.54) is 11.8 Å². The normalized spacial score (nSPS) is 10.6. The molecule has 6 nitrogen and oxygen atoms in total. The minimum atomic E-state index is -0.0955. The molecular weight excluding hydrogens is 314 g/mol. The van der Waals surface area contributed by atoms with Gasteiger partial charge in [-0.3, -0.25) is 4.79 Å². The van der Waals surface area contributed by atoms with Crippen LogP contribution in [0.4, 0.5) is 0 Å². The van der Waals surface area contributed by atoms with E-state index in [9.17, 15) is 4.79 Å². The van der Waals surface area contributed by atoms with Crippen molar-refractivity contribution in [3.63, 3.8) is 0 Å². The Hall–Kier alpha value is -2.54. The van der Waals surface area contributed by atoms with Crippen LogP contribution in [-0.2, 0) is 4.79 Å². The van der Waals surface area contributed by atoms with Crippen LogP contribution in [0.2, 0.25) is 0 Å². The van der Waals surface area contributed by atoms with Crippen LogP contribution in [0.15, 0.2) is 58.3 Å². The highest BCUT2D eigenvalue weighted by Gasteiger charge is 2.09. The zero-order chi connectivity index (χ0) is 15.9. The monoisotopic (exact) mass is 329 g/mol. The van der Waals surface area contributed by atoms with E-state index in [0.717, 1.165) is 5.75 Å². The van der Waals surface area contributed by atoms with Gasteiger partial charge in [0.05, 0.1) is 12.3 Å². The summed E-state index contributed by atoms with van der Waals surface area (Å²) in [5.74, 6) is 0.926. The second kappa shape index (κ2) is 7.64. The van der Waals surface area contributed by atoms with Crippen LogP contribution in [0.5, 0.6) is 5.75 Å². The van der Waals surface area contributed by atoms with Gasteiger partial charge in [-0.1, -0.05) is 30.0 Å². The highest BCUT2D eigenvalue weighted by molar-refractivity contribution is 7.99. The van der Waals surface area contributed by atoms with Crippen molar-refractivity contribution >= 4 is 28.9 Å². The van der Waals surface area contributed by atoms with Crippen LogP contribution in [0.25, 0.3) is 11.2 Å². The Labute approximate surface area is 137 Å². The molecule has 0 aliphatic rings. The van der Waals surface area contributed by atoms with Gasteiger partial charge in [0.25, 0.3) is 5.22 Å². The van der Waals surface area contributed by atoms with Crippen molar-refractivity contribution in [1.82, 2.24) is 15.3 Å². The summed E-state index contributed by atoms with van der Waals surface area (Å²) in [5, 5.41) is 3.23. The lowest BCUT2D eigenvalue weighted by Crippen LogP contribution is -2.29. The second-order valence-corrected chi connectivity index (χ2v) is 5.53. The topological polar surface area (TPSA) is 77.2 Å². The molecule has 3 aromatic rings. The highest BCUT2D eigenvalue weighted by atomic mass is 32.2. The van der Waals surface area contributed by atoms with E-state index in [-0.39, 0.29) is 11.7 Å². The number of carbonyl (C=O) groups is 1. The number of fused-ring (bicyclic) bond motifs is 1. The Bertz CT molecular complexity index is 743. The first-order valence-corrected chi connectivity index (χ1v) is 8.09. The molecule has 0 bridgehead atoms. The van der Waals surface area contributed by atoms with Crippen LogP contribution >= 0.6 is 11.8 Å². The third kappa shape index (κ3) is 4.46. The third-order valence-electron chi connectivity index (χ3n) is 2.91. The predicted octanol–water partition coefficient (Wildman–Crippen LogP) is 2.51. The standard InChI is InChI=1S/C16H15N3O3S/c20-14(17-9-10-21-12-5-2-1-3-6-12)11-23-16-19-15-13(22-16)7-4-8-18-15/h1-8H,9-11H2,(H,17,20). The van der Waals surface area contributed by atoms with Gasteiger partial charge >= 0.3 is 0 Å². The predicted molar refractivity (Wildman–Crippen MR) is 87.5 cm³/mol. The zero-order valence-electron chi connectivity index (χ0n) is 12.3. The van der Waals surface area contributed by atoms with Crippen molar-refractivity contribution in [2.45, 2.75) is 5.22 Å². The van der Waals surface area contributed by atoms with Crippen LogP contribution in [0.3, 0.4) is 0 Å². The smallest absolute Gasteiger partial charge is 0.258 e. The van der Waals surface area contributed by atoms with Crippen molar-refractivity contribution < 1.29 is 13.9 Å². The minimum absolute atomic E-state index is 0.0955. The number of hydrogen-bond acceptors (Lipinski definition) is 6. The molecule has 0 aliphatic heterocycles. The average Bonchev–Trinajstić information content (AvgIpc) is 3.01. The maximum atomic E-state index is 11.8. The Morgan fingerprint density at radius 2 is 2.09 bits per heavy atom. The molecule has 3 rings (SSSR count). The second-order valence-electron chi connectivity index (χ2n) is 4.61. The van der Waals surface area contributed by atoms with Gasteiger partial charge in [0, 0.05) is 6.20 Å². The lowest BCUT2D eigenvalue weighted by molar-refractivity contribution is -0.118. The maximum Gasteiger partial charge on any atom is 0.258 e. The number of amides is 1. The molecule has 0 aliphatic carbocycles. The third-order valence-corrected chi connectivity index (χ3v) is 3.74. The van der Waals surface area contributed by atoms with E-state index in [1.54, 1.807) is 18.3 Å². The van der Waals surface area contributed by atoms with E-state index in [1.807, 2.05) is 30.3 Å². The fourth-order valence-electron chi connectivity index (χ4n) is 1.87. The molecule has 118 valence electrons. The van der Waals surface area contributed by atoms with Crippen LogP contribution in [-0.4, -0.2) is 34.8 Å². The fraction of sp³-hybridized carbons (Fsp3) is 0.188. The number of para-hydroxylation sites is 1. The van der Waals surface area contributed by atoms with Gasteiger partial charge in [-0.2, -0.15) is 4.98 Å². The minimum Gasteiger partial charge on any atom is -0.492 e. The molecule has 0 saturated carbocycles. The lowest BCUT2D eigenvalue weighted by Gasteiger charge is -2.06. The van der Waals surface area contributed by atoms with Gasteiger partial charge < -0.3 is 14.5 Å². The number of rotatable bonds is 7. The van der Waals surface area contributed by atoms with Crippen molar-refractivity contribution in [2.24, 2.45) is 0 Å². The summed E-state index contributed by atoms with van der Waals surface area (Å²) >= 11 is 1.24. The molecule has 1 amide bonds. The average molecular weight is 329 g/mol. The van der Waals surface area contributed by atoms with Gasteiger partial charge in [0.15, 0.2) is 11.2 Å². The molecule has 7 heteroatoms. The van der Waals surface area contributed by atoms with Crippen LogP contribution in [0.1, 0.15) is 0 Å². The molecule has 0 radical (unpaired) electrons. The summed E-state index contributed by atoms with van der Waals surface area (Å²) < 4.78 is 11.0. The van der Waals surface area contributed by atoms with Crippen molar-refractivity contribution in [3.05, 3.63) is 48.7 Å². The van der Waals surface area contributed by atoms with Crippen molar-refractivity contribution in [1.29, 1.82) is 0 Å². The number of aromatic nitrogens is 2. The molecular formula is C16H15N3O3S. The molecule has 0 unspecified atom stereocenters. The SMILES string of the molecule is O=C(CSc1nc2ncccc2o1)NCCOc1ccccc1. The first-order chi connectivity index (χ1) is 11.3. The Balaban J connectivity index is 1.38. The molecule has 1 N–H and O–H groups in total. The molecule has 1 aromatic carbocycles. The molecule has 2 heterocycles. The van der Waals surface area contributed by atoms with E-state index >= 15 is 0 Å². The van der Waals surface area contributed by atoms with Gasteiger partial charge in [0.1, 0.15) is 12.4 Å². The molecule has 2 aromatic heterocycles. The molecule has 0 saturated heterocycles. The van der Waals surface area contributed by atoms with Crippen LogP contribution in [0, 0.1) is 0 Å². The van der Waals surface area contributed by atoms with Gasteiger partial charge in [-0.05, 0) is 24.3 Å². The molecule has 0 spiro atoms. The quantitative estimate of drug-likeness (QED) is 0.530. The van der Waals surface area contributed by atoms with E-state index < -0.39 is 0 Å². The maximum absolute atomic E-state index is 11.8. The van der Waals surface area contributed by atoms with Gasteiger partial charge in [-0.25, -0.2) is 4.98 Å². The number of oxazole rings is 1. The van der Waals surface area contributed by atoms with Crippen LogP contribution < -0.4 is 10.1 Å². The number of ether oxygens (including phenoxy) is 1. The first-order valence-electron chi connectivity index (χ1n) is 7.10. The summed E-state index contributed by atoms with van der Waals surface area (Å²) in [6.45, 7) is 0.872. The number of nitrogens with one attached hydrogen (secondary N) is 1. The number of hydrogen-bond donors (Lipinski definition) is 1. The Morgan fingerprint density at radius 3 is 2.91 bits per heavy atom. The zero-order valence-corrected chi connectivity index (χ0v) is 13.1. The summed E-state index contributed by atoms with van der Waals surface area (Å²) in [7, 11) is 0. The lowest BCUT2D eigenvalue weighted by atomic mass is 10.3. The molecule has 0 fully saturated rings. The fourth-order valence-corrected chi connectivity index (χ4v) is 2.52. The van der Waals surface area contributed by atoms with Gasteiger partial charge in [0.2, 0.25) is 5.91 Å². The van der Waals surface area contributed by atoms with E-state index in [2.05, 4.69) is 15.3 Å². The van der Waals surface area contributed by atoms with E-state index in [0.29, 0.717) is 29.6 Å².